The molecule has 5 heteroatoms. The second-order valence-electron chi connectivity index (χ2n) is 5.57. The van der Waals surface area contributed by atoms with E-state index in [4.69, 9.17) is 14.6 Å². The number of carboxylic acids is 1. The Kier molecular flexibility index (Phi) is 6.15. The monoisotopic (exact) mass is 296 g/mol. The summed E-state index contributed by atoms with van der Waals surface area (Å²) in [5, 5.41) is 8.31. The lowest BCUT2D eigenvalue weighted by atomic mass is 10.1. The number of aliphatic carboxylic acids is 1. The van der Waals surface area contributed by atoms with Crippen LogP contribution in [0.15, 0.2) is 24.3 Å². The minimum absolute atomic E-state index is 0.167. The van der Waals surface area contributed by atoms with Gasteiger partial charge in [0.05, 0.1) is 6.61 Å². The van der Waals surface area contributed by atoms with Gasteiger partial charge in [-0.15, -0.1) is 0 Å². The highest BCUT2D eigenvalue weighted by molar-refractivity contribution is 5.87. The number of hydrogen-bond donors (Lipinski definition) is 1. The molecule has 0 radical (unpaired) electrons. The van der Waals surface area contributed by atoms with Crippen molar-refractivity contribution in [1.29, 1.82) is 0 Å². The Morgan fingerprint density at radius 2 is 1.95 bits per heavy atom. The van der Waals surface area contributed by atoms with Crippen LogP contribution in [0.4, 0.5) is 0 Å². The summed E-state index contributed by atoms with van der Waals surface area (Å²) in [6.45, 7) is 11.3. The van der Waals surface area contributed by atoms with Gasteiger partial charge in [0, 0.05) is 11.1 Å². The van der Waals surface area contributed by atoms with Crippen molar-refractivity contribution < 1.29 is 24.2 Å². The number of carboxylic acid groups (broad SMARTS) is 1. The maximum Gasteiger partial charge on any atom is 0.333 e. The smallest absolute Gasteiger partial charge is 0.333 e. The third-order valence-corrected chi connectivity index (χ3v) is 3.44. The first kappa shape index (κ1) is 17.4. The molecule has 2 fully saturated rings. The third kappa shape index (κ3) is 5.71. The number of hydrogen-bond acceptors (Lipinski definition) is 4. The second-order valence-corrected chi connectivity index (χ2v) is 5.57. The fourth-order valence-corrected chi connectivity index (χ4v) is 1.73. The van der Waals surface area contributed by atoms with Crippen molar-refractivity contribution in [3.05, 3.63) is 24.3 Å². The number of carbonyl (C=O) groups excluding carboxylic acids is 1. The zero-order valence-corrected chi connectivity index (χ0v) is 12.8. The molecule has 1 heterocycles. The molecule has 1 saturated carbocycles. The summed E-state index contributed by atoms with van der Waals surface area (Å²) in [6, 6.07) is 0. The summed E-state index contributed by atoms with van der Waals surface area (Å²) in [5.41, 5.74) is 0.509. The van der Waals surface area contributed by atoms with Gasteiger partial charge in [-0.25, -0.2) is 9.59 Å². The number of unbranched alkanes of at least 4 members (excludes halogenated alkanes) is 1. The van der Waals surface area contributed by atoms with Crippen LogP contribution in [0.25, 0.3) is 0 Å². The van der Waals surface area contributed by atoms with Crippen LogP contribution < -0.4 is 0 Å². The quantitative estimate of drug-likeness (QED) is 0.444. The van der Waals surface area contributed by atoms with Gasteiger partial charge in [0.15, 0.2) is 0 Å². The van der Waals surface area contributed by atoms with Gasteiger partial charge < -0.3 is 14.6 Å². The van der Waals surface area contributed by atoms with E-state index in [0.29, 0.717) is 17.6 Å². The molecule has 1 aliphatic carbocycles. The Hall–Kier alpha value is -1.62. The van der Waals surface area contributed by atoms with Gasteiger partial charge in [-0.1, -0.05) is 26.5 Å². The van der Waals surface area contributed by atoms with Gasteiger partial charge in [0.1, 0.15) is 11.7 Å². The van der Waals surface area contributed by atoms with Crippen LogP contribution >= 0.6 is 0 Å². The highest BCUT2D eigenvalue weighted by atomic mass is 16.6. The molecular weight excluding hydrogens is 272 g/mol. The summed E-state index contributed by atoms with van der Waals surface area (Å²) >= 11 is 0. The standard InChI is InChI=1S/C9H12O3.C7H12O2/c1-6(2)8(10)12-9(3-4-9)7-5-11-7;1-3-4-5-6(2)7(8)9/h7H,1,3-5H2,2H3;2-5H2,1H3,(H,8,9). The molecule has 0 bridgehead atoms. The minimum Gasteiger partial charge on any atom is -0.478 e. The maximum atomic E-state index is 11.2. The topological polar surface area (TPSA) is 76.1 Å². The largest absolute Gasteiger partial charge is 0.478 e. The predicted molar refractivity (Wildman–Crippen MR) is 78.9 cm³/mol. The van der Waals surface area contributed by atoms with E-state index in [-0.39, 0.29) is 17.7 Å². The van der Waals surface area contributed by atoms with Crippen molar-refractivity contribution in [1.82, 2.24) is 0 Å². The van der Waals surface area contributed by atoms with E-state index in [1.54, 1.807) is 6.92 Å². The van der Waals surface area contributed by atoms with Gasteiger partial charge in [-0.05, 0) is 32.6 Å². The Bertz CT molecular complexity index is 430. The molecule has 2 aliphatic rings. The number of esters is 1. The van der Waals surface area contributed by atoms with Crippen LogP contribution in [-0.2, 0) is 19.1 Å². The molecule has 21 heavy (non-hydrogen) atoms. The molecule has 118 valence electrons. The average molecular weight is 296 g/mol. The number of rotatable bonds is 7. The summed E-state index contributed by atoms with van der Waals surface area (Å²) in [4.78, 5) is 21.3. The van der Waals surface area contributed by atoms with Gasteiger partial charge in [0.2, 0.25) is 0 Å². The molecule has 0 aromatic rings. The van der Waals surface area contributed by atoms with Crippen LogP contribution in [0.3, 0.4) is 0 Å². The van der Waals surface area contributed by atoms with Crippen molar-refractivity contribution in [2.75, 3.05) is 6.61 Å². The third-order valence-electron chi connectivity index (χ3n) is 3.44. The zero-order chi connectivity index (χ0) is 16.0. The van der Waals surface area contributed by atoms with Gasteiger partial charge in [-0.3, -0.25) is 0 Å². The van der Waals surface area contributed by atoms with E-state index in [2.05, 4.69) is 13.2 Å². The lowest BCUT2D eigenvalue weighted by Crippen LogP contribution is -2.25. The van der Waals surface area contributed by atoms with E-state index >= 15 is 0 Å². The molecule has 1 unspecified atom stereocenters. The number of epoxide rings is 1. The van der Waals surface area contributed by atoms with Crippen LogP contribution in [-0.4, -0.2) is 35.4 Å². The summed E-state index contributed by atoms with van der Waals surface area (Å²) in [7, 11) is 0. The van der Waals surface area contributed by atoms with Crippen LogP contribution in [0, 0.1) is 0 Å². The molecular formula is C16H24O5. The second kappa shape index (κ2) is 7.41. The Balaban J connectivity index is 0.000000222. The average Bonchev–Trinajstić information content (AvgIpc) is 3.27. The first-order valence-corrected chi connectivity index (χ1v) is 7.24. The molecule has 1 aliphatic heterocycles. The van der Waals surface area contributed by atoms with Crippen molar-refractivity contribution in [2.45, 2.75) is 57.7 Å². The molecule has 1 atom stereocenters. The van der Waals surface area contributed by atoms with E-state index in [0.717, 1.165) is 32.3 Å². The SMILES string of the molecule is C=C(C)C(=O)OC1(C2CO2)CC1.C=C(CCCC)C(=O)O. The zero-order valence-electron chi connectivity index (χ0n) is 12.8. The molecule has 1 saturated heterocycles. The Labute approximate surface area is 125 Å². The minimum atomic E-state index is -0.872. The van der Waals surface area contributed by atoms with E-state index < -0.39 is 5.97 Å². The van der Waals surface area contributed by atoms with Crippen molar-refractivity contribution in [2.24, 2.45) is 0 Å². The van der Waals surface area contributed by atoms with Crippen LogP contribution in [0.5, 0.6) is 0 Å². The summed E-state index contributed by atoms with van der Waals surface area (Å²) in [5.74, 6) is -1.16. The van der Waals surface area contributed by atoms with Crippen molar-refractivity contribution >= 4 is 11.9 Å². The van der Waals surface area contributed by atoms with Gasteiger partial charge in [-0.2, -0.15) is 0 Å². The lowest BCUT2D eigenvalue weighted by Gasteiger charge is -2.13. The van der Waals surface area contributed by atoms with Crippen LogP contribution in [0.1, 0.15) is 46.0 Å². The normalized spacial score (nSPS) is 20.6. The predicted octanol–water partition coefficient (Wildman–Crippen LogP) is 2.85. The van der Waals surface area contributed by atoms with Crippen molar-refractivity contribution in [3.8, 4) is 0 Å². The maximum absolute atomic E-state index is 11.2. The molecule has 2 rings (SSSR count). The van der Waals surface area contributed by atoms with E-state index in [9.17, 15) is 9.59 Å². The van der Waals surface area contributed by atoms with Gasteiger partial charge in [0.25, 0.3) is 0 Å². The van der Waals surface area contributed by atoms with E-state index in [1.807, 2.05) is 6.92 Å². The fourth-order valence-electron chi connectivity index (χ4n) is 1.73. The highest BCUT2D eigenvalue weighted by Gasteiger charge is 2.59. The number of carbonyl (C=O) groups is 2. The summed E-state index contributed by atoms with van der Waals surface area (Å²) in [6.07, 6.45) is 4.61. The number of ether oxygens (including phenoxy) is 2. The molecule has 1 N–H and O–H groups in total. The summed E-state index contributed by atoms with van der Waals surface area (Å²) < 4.78 is 10.4. The molecule has 0 spiro atoms. The highest BCUT2D eigenvalue weighted by Crippen LogP contribution is 2.48. The first-order valence-electron chi connectivity index (χ1n) is 7.24. The Morgan fingerprint density at radius 3 is 2.29 bits per heavy atom. The van der Waals surface area contributed by atoms with E-state index in [1.165, 1.54) is 0 Å². The molecule has 0 aromatic carbocycles. The lowest BCUT2D eigenvalue weighted by molar-refractivity contribution is -0.147. The van der Waals surface area contributed by atoms with Crippen molar-refractivity contribution in [3.63, 3.8) is 0 Å². The molecule has 0 aromatic heterocycles. The van der Waals surface area contributed by atoms with Crippen LogP contribution in [0.2, 0.25) is 0 Å². The molecule has 5 nitrogen and oxygen atoms in total. The Morgan fingerprint density at radius 1 is 1.38 bits per heavy atom. The fraction of sp³-hybridized carbons (Fsp3) is 0.625. The molecule has 0 amide bonds. The first-order chi connectivity index (χ1) is 9.82. The van der Waals surface area contributed by atoms with Gasteiger partial charge >= 0.3 is 11.9 Å².